The Morgan fingerprint density at radius 3 is 2.77 bits per heavy atom. The second-order valence-corrected chi connectivity index (χ2v) is 8.32. The van der Waals surface area contributed by atoms with Crippen molar-refractivity contribution in [2.24, 2.45) is 13.0 Å². The summed E-state index contributed by atoms with van der Waals surface area (Å²) < 4.78 is 26.9. The monoisotopic (exact) mass is 326 g/mol. The number of aryl methyl sites for hydroxylation is 1. The highest BCUT2D eigenvalue weighted by molar-refractivity contribution is 7.88. The molecule has 1 atom stereocenters. The fourth-order valence-corrected chi connectivity index (χ4v) is 3.88. The van der Waals surface area contributed by atoms with Gasteiger partial charge in [-0.25, -0.2) is 13.4 Å². The minimum absolute atomic E-state index is 0.106. The third-order valence-corrected chi connectivity index (χ3v) is 5.90. The summed E-state index contributed by atoms with van der Waals surface area (Å²) in [6.45, 7) is 1.10. The van der Waals surface area contributed by atoms with Gasteiger partial charge in [-0.1, -0.05) is 6.42 Å². The highest BCUT2D eigenvalue weighted by Crippen LogP contribution is 2.29. The van der Waals surface area contributed by atoms with Crippen molar-refractivity contribution in [1.29, 1.82) is 0 Å². The van der Waals surface area contributed by atoms with Crippen LogP contribution in [0.4, 0.5) is 0 Å². The van der Waals surface area contributed by atoms with E-state index in [0.29, 0.717) is 18.2 Å². The van der Waals surface area contributed by atoms with Crippen LogP contribution in [0.3, 0.4) is 0 Å². The van der Waals surface area contributed by atoms with Gasteiger partial charge in [0.2, 0.25) is 15.9 Å². The number of imidazole rings is 1. The maximum absolute atomic E-state index is 12.6. The summed E-state index contributed by atoms with van der Waals surface area (Å²) in [4.78, 5) is 16.8. The number of carbonyl (C=O) groups excluding carboxylic acids is 1. The topological polar surface area (TPSA) is 84.3 Å². The van der Waals surface area contributed by atoms with Crippen LogP contribution in [-0.2, 0) is 28.4 Å². The van der Waals surface area contributed by atoms with Gasteiger partial charge in [0, 0.05) is 20.1 Å². The van der Waals surface area contributed by atoms with Crippen molar-refractivity contribution in [3.8, 4) is 0 Å². The molecule has 7 nitrogen and oxygen atoms in total. The maximum Gasteiger partial charge on any atom is 0.230 e. The molecule has 1 aromatic heterocycles. The first-order valence-electron chi connectivity index (χ1n) is 7.59. The summed E-state index contributed by atoms with van der Waals surface area (Å²) in [5, 5.41) is 2.98. The van der Waals surface area contributed by atoms with Crippen LogP contribution in [0.2, 0.25) is 0 Å². The van der Waals surface area contributed by atoms with E-state index < -0.39 is 15.9 Å². The molecule has 1 N–H and O–H groups in total. The Hall–Kier alpha value is -1.41. The van der Waals surface area contributed by atoms with Gasteiger partial charge in [0.25, 0.3) is 0 Å². The third-order valence-electron chi connectivity index (χ3n) is 4.68. The highest BCUT2D eigenvalue weighted by Gasteiger charge is 2.37. The van der Waals surface area contributed by atoms with Crippen molar-refractivity contribution in [2.45, 2.75) is 31.7 Å². The van der Waals surface area contributed by atoms with E-state index in [9.17, 15) is 13.2 Å². The van der Waals surface area contributed by atoms with Crippen molar-refractivity contribution in [1.82, 2.24) is 19.2 Å². The van der Waals surface area contributed by atoms with Crippen LogP contribution in [0.5, 0.6) is 0 Å². The molecule has 0 aromatic carbocycles. The van der Waals surface area contributed by atoms with Crippen molar-refractivity contribution >= 4 is 15.9 Å². The van der Waals surface area contributed by atoms with E-state index in [1.165, 1.54) is 17.0 Å². The Morgan fingerprint density at radius 2 is 2.18 bits per heavy atom. The molecule has 2 heterocycles. The van der Waals surface area contributed by atoms with E-state index >= 15 is 0 Å². The number of sulfonamides is 1. The lowest BCUT2D eigenvalue weighted by atomic mass is 9.85. The second-order valence-electron chi connectivity index (χ2n) is 6.34. The Kier molecular flexibility index (Phi) is 3.98. The van der Waals surface area contributed by atoms with Gasteiger partial charge in [0.15, 0.2) is 0 Å². The molecule has 1 aliphatic heterocycles. The molecule has 1 saturated carbocycles. The fourth-order valence-electron chi connectivity index (χ4n) is 3.10. The van der Waals surface area contributed by atoms with Crippen LogP contribution >= 0.6 is 0 Å². The third kappa shape index (κ3) is 2.89. The number of nitrogens with zero attached hydrogens (tertiary/aromatic N) is 3. The first-order valence-corrected chi connectivity index (χ1v) is 9.44. The minimum atomic E-state index is -3.35. The molecule has 1 amide bonds. The molecule has 0 saturated heterocycles. The zero-order chi connectivity index (χ0) is 15.9. The Morgan fingerprint density at radius 1 is 1.45 bits per heavy atom. The molecular weight excluding hydrogens is 304 g/mol. The van der Waals surface area contributed by atoms with Gasteiger partial charge >= 0.3 is 0 Å². The first-order chi connectivity index (χ1) is 10.4. The Balaban J connectivity index is 1.80. The molecular formula is C14H22N4O3S. The van der Waals surface area contributed by atoms with Crippen molar-refractivity contribution < 1.29 is 13.2 Å². The molecule has 8 heteroatoms. The molecule has 22 heavy (non-hydrogen) atoms. The zero-order valence-electron chi connectivity index (χ0n) is 12.9. The van der Waals surface area contributed by atoms with Gasteiger partial charge in [0.1, 0.15) is 0 Å². The maximum atomic E-state index is 12.6. The lowest BCUT2D eigenvalue weighted by molar-refractivity contribution is -0.123. The largest absolute Gasteiger partial charge is 0.355 e. The highest BCUT2D eigenvalue weighted by atomic mass is 32.2. The molecule has 1 aromatic rings. The quantitative estimate of drug-likeness (QED) is 0.856. The predicted molar refractivity (Wildman–Crippen MR) is 81.6 cm³/mol. The second kappa shape index (κ2) is 5.66. The van der Waals surface area contributed by atoms with Gasteiger partial charge in [0.05, 0.1) is 36.4 Å². The van der Waals surface area contributed by atoms with E-state index in [2.05, 4.69) is 10.3 Å². The standard InChI is InChI=1S/C14H22N4O3S/c1-17-9-16-12-8-18(22(2,20)21)7-11(13(12)17)14(19)15-6-10-4-3-5-10/h9-11H,3-8H2,1-2H3,(H,15,19). The number of amides is 1. The molecule has 1 aliphatic carbocycles. The number of hydrogen-bond donors (Lipinski definition) is 1. The first kappa shape index (κ1) is 15.5. The summed E-state index contributed by atoms with van der Waals surface area (Å²) in [5.74, 6) is -0.0271. The summed E-state index contributed by atoms with van der Waals surface area (Å²) >= 11 is 0. The van der Waals surface area contributed by atoms with Crippen LogP contribution in [0.15, 0.2) is 6.33 Å². The average Bonchev–Trinajstić information content (AvgIpc) is 2.77. The van der Waals surface area contributed by atoms with Gasteiger partial charge in [-0.3, -0.25) is 4.79 Å². The van der Waals surface area contributed by atoms with Crippen LogP contribution in [-0.4, -0.2) is 47.5 Å². The Labute approximate surface area is 130 Å². The van der Waals surface area contributed by atoms with Crippen LogP contribution in [0.1, 0.15) is 36.6 Å². The number of rotatable bonds is 4. The van der Waals surface area contributed by atoms with E-state index in [4.69, 9.17) is 0 Å². The average molecular weight is 326 g/mol. The molecule has 122 valence electrons. The van der Waals surface area contributed by atoms with Gasteiger partial charge in [-0.05, 0) is 18.8 Å². The van der Waals surface area contributed by atoms with Gasteiger partial charge in [-0.15, -0.1) is 0 Å². The molecule has 2 aliphatic rings. The summed E-state index contributed by atoms with van der Waals surface area (Å²) in [7, 11) is -1.51. The zero-order valence-corrected chi connectivity index (χ0v) is 13.8. The van der Waals surface area contributed by atoms with E-state index in [1.807, 2.05) is 11.6 Å². The minimum Gasteiger partial charge on any atom is -0.355 e. The van der Waals surface area contributed by atoms with E-state index in [0.717, 1.165) is 18.5 Å². The van der Waals surface area contributed by atoms with Crippen LogP contribution in [0, 0.1) is 5.92 Å². The van der Waals surface area contributed by atoms with Crippen molar-refractivity contribution in [3.05, 3.63) is 17.7 Å². The molecule has 1 fully saturated rings. The van der Waals surface area contributed by atoms with Crippen LogP contribution in [0.25, 0.3) is 0 Å². The number of fused-ring (bicyclic) bond motifs is 1. The lowest BCUT2D eigenvalue weighted by Crippen LogP contribution is -2.45. The normalized spacial score (nSPS) is 22.9. The molecule has 0 bridgehead atoms. The van der Waals surface area contributed by atoms with E-state index in [-0.39, 0.29) is 19.0 Å². The smallest absolute Gasteiger partial charge is 0.230 e. The molecule has 3 rings (SSSR count). The summed E-state index contributed by atoms with van der Waals surface area (Å²) in [6, 6.07) is 0. The number of nitrogens with one attached hydrogen (secondary N) is 1. The Bertz CT molecular complexity index is 678. The van der Waals surface area contributed by atoms with Gasteiger partial charge in [-0.2, -0.15) is 4.31 Å². The number of hydrogen-bond acceptors (Lipinski definition) is 4. The number of aromatic nitrogens is 2. The number of carbonyl (C=O) groups is 1. The fraction of sp³-hybridized carbons (Fsp3) is 0.714. The summed E-state index contributed by atoms with van der Waals surface area (Å²) in [6.07, 6.45) is 6.37. The molecule has 0 spiro atoms. The van der Waals surface area contributed by atoms with Crippen LogP contribution < -0.4 is 5.32 Å². The molecule has 1 unspecified atom stereocenters. The lowest BCUT2D eigenvalue weighted by Gasteiger charge is -2.31. The van der Waals surface area contributed by atoms with E-state index in [1.54, 1.807) is 6.33 Å². The van der Waals surface area contributed by atoms with Gasteiger partial charge < -0.3 is 9.88 Å². The van der Waals surface area contributed by atoms with Crippen molar-refractivity contribution in [2.75, 3.05) is 19.3 Å². The predicted octanol–water partition coefficient (Wildman–Crippen LogP) is 0.195. The van der Waals surface area contributed by atoms with Crippen molar-refractivity contribution in [3.63, 3.8) is 0 Å². The SMILES string of the molecule is Cn1cnc2c1C(C(=O)NCC1CCC1)CN(S(C)(=O)=O)C2. The molecule has 0 radical (unpaired) electrons. The summed E-state index contributed by atoms with van der Waals surface area (Å²) in [5.41, 5.74) is 1.49.